The fraction of sp³-hybridized carbons (Fsp3) is 0.562. The summed E-state index contributed by atoms with van der Waals surface area (Å²) >= 11 is 5.86. The van der Waals surface area contributed by atoms with E-state index in [2.05, 4.69) is 24.9 Å². The van der Waals surface area contributed by atoms with E-state index in [1.165, 1.54) is 0 Å². The van der Waals surface area contributed by atoms with Gasteiger partial charge in [0.1, 0.15) is 6.17 Å². The van der Waals surface area contributed by atoms with Gasteiger partial charge >= 0.3 is 0 Å². The van der Waals surface area contributed by atoms with Gasteiger partial charge in [0.05, 0.1) is 17.3 Å². The molecule has 1 fully saturated rings. The second-order valence-electron chi connectivity index (χ2n) is 6.31. The van der Waals surface area contributed by atoms with Gasteiger partial charge in [-0.25, -0.2) is 4.39 Å². The molecule has 0 aromatic carbocycles. The van der Waals surface area contributed by atoms with E-state index in [4.69, 9.17) is 16.1 Å². The molecule has 0 radical (unpaired) electrons. The standard InChI is InChI=1S/C16H21ClFN5O/c1-11-20-16(21-24-11)10-23-7-13(18)5-15(23)9-22(2)8-14-4-3-12(17)6-19-14/h3-4,6,13,15H,5,7-10H2,1-2H3/t13-,15-/m0/s1. The molecule has 0 amide bonds. The number of rotatable bonds is 6. The molecule has 2 aromatic heterocycles. The summed E-state index contributed by atoms with van der Waals surface area (Å²) in [6.45, 7) is 4.12. The van der Waals surface area contributed by atoms with Crippen LogP contribution in [0.2, 0.25) is 5.02 Å². The molecule has 3 heterocycles. The number of alkyl halides is 1. The van der Waals surface area contributed by atoms with Gasteiger partial charge in [-0.05, 0) is 25.6 Å². The number of pyridine rings is 1. The van der Waals surface area contributed by atoms with Crippen LogP contribution >= 0.6 is 11.6 Å². The Morgan fingerprint density at radius 3 is 2.96 bits per heavy atom. The number of likely N-dealkylation sites (tertiary alicyclic amines) is 1. The van der Waals surface area contributed by atoms with Crippen LogP contribution in [0.25, 0.3) is 0 Å². The molecular formula is C16H21ClFN5O. The first-order valence-corrected chi connectivity index (χ1v) is 8.33. The summed E-state index contributed by atoms with van der Waals surface area (Å²) in [6, 6.07) is 3.86. The van der Waals surface area contributed by atoms with Crippen molar-refractivity contribution >= 4 is 11.6 Å². The van der Waals surface area contributed by atoms with Crippen molar-refractivity contribution in [3.8, 4) is 0 Å². The molecule has 0 bridgehead atoms. The Morgan fingerprint density at radius 2 is 2.29 bits per heavy atom. The predicted molar refractivity (Wildman–Crippen MR) is 88.3 cm³/mol. The fourth-order valence-corrected chi connectivity index (χ4v) is 3.21. The lowest BCUT2D eigenvalue weighted by Crippen LogP contribution is -2.38. The van der Waals surface area contributed by atoms with Crippen molar-refractivity contribution in [3.63, 3.8) is 0 Å². The smallest absolute Gasteiger partial charge is 0.223 e. The minimum atomic E-state index is -0.815. The van der Waals surface area contributed by atoms with Gasteiger partial charge in [-0.3, -0.25) is 14.8 Å². The van der Waals surface area contributed by atoms with Gasteiger partial charge in [-0.2, -0.15) is 4.98 Å². The summed E-state index contributed by atoms with van der Waals surface area (Å²) in [5, 5.41) is 4.53. The molecular weight excluding hydrogens is 333 g/mol. The van der Waals surface area contributed by atoms with Crippen LogP contribution in [0.5, 0.6) is 0 Å². The zero-order chi connectivity index (χ0) is 17.1. The Labute approximate surface area is 145 Å². The normalized spacial score (nSPS) is 21.7. The Kier molecular flexibility index (Phi) is 5.43. The first kappa shape index (κ1) is 17.3. The van der Waals surface area contributed by atoms with E-state index in [1.54, 1.807) is 13.1 Å². The lowest BCUT2D eigenvalue weighted by molar-refractivity contribution is 0.175. The molecule has 1 aliphatic rings. The first-order chi connectivity index (χ1) is 11.5. The molecule has 3 rings (SSSR count). The van der Waals surface area contributed by atoms with Crippen molar-refractivity contribution in [2.45, 2.75) is 38.6 Å². The summed E-state index contributed by atoms with van der Waals surface area (Å²) in [7, 11) is 2.01. The number of aromatic nitrogens is 3. The maximum Gasteiger partial charge on any atom is 0.223 e. The van der Waals surface area contributed by atoms with Crippen molar-refractivity contribution in [2.24, 2.45) is 0 Å². The molecule has 6 nitrogen and oxygen atoms in total. The highest BCUT2D eigenvalue weighted by atomic mass is 35.5. The van der Waals surface area contributed by atoms with Crippen molar-refractivity contribution in [1.29, 1.82) is 0 Å². The van der Waals surface area contributed by atoms with Crippen LogP contribution in [-0.4, -0.2) is 57.3 Å². The SMILES string of the molecule is Cc1nc(CN2C[C@@H](F)C[C@H]2CN(C)Cc2ccc(Cl)cn2)no1. The summed E-state index contributed by atoms with van der Waals surface area (Å²) in [4.78, 5) is 12.7. The second-order valence-corrected chi connectivity index (χ2v) is 6.75. The van der Waals surface area contributed by atoms with E-state index in [0.29, 0.717) is 42.8 Å². The number of nitrogens with zero attached hydrogens (tertiary/aromatic N) is 5. The number of hydrogen-bond acceptors (Lipinski definition) is 6. The van der Waals surface area contributed by atoms with E-state index in [-0.39, 0.29) is 6.04 Å². The molecule has 24 heavy (non-hydrogen) atoms. The second kappa shape index (κ2) is 7.55. The van der Waals surface area contributed by atoms with Crippen LogP contribution in [0.4, 0.5) is 4.39 Å². The van der Waals surface area contributed by atoms with Gasteiger partial charge in [-0.1, -0.05) is 16.8 Å². The predicted octanol–water partition coefficient (Wildman–Crippen LogP) is 2.47. The molecule has 130 valence electrons. The molecule has 8 heteroatoms. The molecule has 1 aliphatic heterocycles. The summed E-state index contributed by atoms with van der Waals surface area (Å²) in [5.74, 6) is 1.14. The van der Waals surface area contributed by atoms with Gasteiger partial charge in [-0.15, -0.1) is 0 Å². The van der Waals surface area contributed by atoms with Gasteiger partial charge in [0.15, 0.2) is 5.82 Å². The molecule has 2 atom stereocenters. The number of aryl methyl sites for hydroxylation is 1. The number of halogens is 2. The van der Waals surface area contributed by atoms with Crippen LogP contribution in [0.3, 0.4) is 0 Å². The summed E-state index contributed by atoms with van der Waals surface area (Å²) in [6.07, 6.45) is 1.35. The third-order valence-corrected chi connectivity index (χ3v) is 4.36. The Balaban J connectivity index is 1.58. The van der Waals surface area contributed by atoms with Crippen LogP contribution < -0.4 is 0 Å². The highest BCUT2D eigenvalue weighted by Gasteiger charge is 2.33. The van der Waals surface area contributed by atoms with Crippen LogP contribution in [0, 0.1) is 6.92 Å². The monoisotopic (exact) mass is 353 g/mol. The van der Waals surface area contributed by atoms with Gasteiger partial charge in [0.2, 0.25) is 5.89 Å². The highest BCUT2D eigenvalue weighted by Crippen LogP contribution is 2.23. The molecule has 0 saturated carbocycles. The topological polar surface area (TPSA) is 58.3 Å². The molecule has 0 N–H and O–H groups in total. The maximum absolute atomic E-state index is 13.9. The number of hydrogen-bond donors (Lipinski definition) is 0. The molecule has 0 spiro atoms. The number of likely N-dealkylation sites (N-methyl/N-ethyl adjacent to an activating group) is 1. The highest BCUT2D eigenvalue weighted by molar-refractivity contribution is 6.30. The van der Waals surface area contributed by atoms with E-state index in [1.807, 2.05) is 19.2 Å². The largest absolute Gasteiger partial charge is 0.340 e. The molecule has 1 saturated heterocycles. The summed E-state index contributed by atoms with van der Waals surface area (Å²) in [5.41, 5.74) is 0.942. The van der Waals surface area contributed by atoms with Crippen molar-refractivity contribution in [1.82, 2.24) is 24.9 Å². The van der Waals surface area contributed by atoms with Crippen molar-refractivity contribution < 1.29 is 8.91 Å². The molecule has 0 unspecified atom stereocenters. The van der Waals surface area contributed by atoms with Crippen LogP contribution in [-0.2, 0) is 13.1 Å². The first-order valence-electron chi connectivity index (χ1n) is 7.96. The van der Waals surface area contributed by atoms with E-state index in [0.717, 1.165) is 12.2 Å². The van der Waals surface area contributed by atoms with Crippen LogP contribution in [0.1, 0.15) is 23.8 Å². The molecule has 0 aliphatic carbocycles. The lowest BCUT2D eigenvalue weighted by Gasteiger charge is -2.27. The lowest BCUT2D eigenvalue weighted by atomic mass is 10.2. The van der Waals surface area contributed by atoms with E-state index in [9.17, 15) is 4.39 Å². The average molecular weight is 354 g/mol. The zero-order valence-electron chi connectivity index (χ0n) is 13.8. The Bertz CT molecular complexity index is 665. The summed E-state index contributed by atoms with van der Waals surface area (Å²) < 4.78 is 18.9. The minimum absolute atomic E-state index is 0.121. The quantitative estimate of drug-likeness (QED) is 0.795. The third kappa shape index (κ3) is 4.49. The Hall–Kier alpha value is -1.57. The Morgan fingerprint density at radius 1 is 1.46 bits per heavy atom. The fourth-order valence-electron chi connectivity index (χ4n) is 3.09. The van der Waals surface area contributed by atoms with Crippen molar-refractivity contribution in [3.05, 3.63) is 40.8 Å². The van der Waals surface area contributed by atoms with E-state index < -0.39 is 6.17 Å². The maximum atomic E-state index is 13.9. The average Bonchev–Trinajstić information content (AvgIpc) is 3.08. The van der Waals surface area contributed by atoms with Gasteiger partial charge in [0.25, 0.3) is 0 Å². The van der Waals surface area contributed by atoms with Crippen LogP contribution in [0.15, 0.2) is 22.9 Å². The minimum Gasteiger partial charge on any atom is -0.340 e. The third-order valence-electron chi connectivity index (χ3n) is 4.13. The zero-order valence-corrected chi connectivity index (χ0v) is 14.6. The van der Waals surface area contributed by atoms with E-state index >= 15 is 0 Å². The van der Waals surface area contributed by atoms with Crippen molar-refractivity contribution in [2.75, 3.05) is 20.1 Å². The molecule has 2 aromatic rings. The van der Waals surface area contributed by atoms with Gasteiger partial charge < -0.3 is 4.52 Å². The van der Waals surface area contributed by atoms with Gasteiger partial charge in [0, 0.05) is 38.8 Å².